The summed E-state index contributed by atoms with van der Waals surface area (Å²) in [6, 6.07) is 0. The van der Waals surface area contributed by atoms with E-state index in [2.05, 4.69) is 32.7 Å². The van der Waals surface area contributed by atoms with Crippen molar-refractivity contribution in [2.75, 3.05) is 19.8 Å². The summed E-state index contributed by atoms with van der Waals surface area (Å²) in [4.78, 5) is 4.46. The van der Waals surface area contributed by atoms with Crippen molar-refractivity contribution in [2.24, 2.45) is 16.3 Å². The van der Waals surface area contributed by atoms with Gasteiger partial charge in [-0.1, -0.05) is 201 Å². The maximum absolute atomic E-state index is 6.18. The molecule has 1 atom stereocenters. The first-order valence-electron chi connectivity index (χ1n) is 20.7. The SMILES string of the molecule is CCCCCCCCCCCCCCCCCCCC(COCCCCCCCCCC(C)(C)CCCCCC)CC1=NC1. The Labute approximate surface area is 279 Å². The van der Waals surface area contributed by atoms with Gasteiger partial charge in [-0.3, -0.25) is 4.99 Å². The lowest BCUT2D eigenvalue weighted by Gasteiger charge is -2.24. The molecule has 1 rings (SSSR count). The molecule has 2 heteroatoms. The van der Waals surface area contributed by atoms with Gasteiger partial charge in [0, 0.05) is 18.9 Å². The van der Waals surface area contributed by atoms with E-state index in [0.29, 0.717) is 11.3 Å². The van der Waals surface area contributed by atoms with E-state index in [9.17, 15) is 0 Å². The van der Waals surface area contributed by atoms with Crippen molar-refractivity contribution >= 4 is 5.71 Å². The van der Waals surface area contributed by atoms with Crippen molar-refractivity contribution < 1.29 is 4.74 Å². The summed E-state index contributed by atoms with van der Waals surface area (Å²) >= 11 is 0. The first-order chi connectivity index (χ1) is 21.6. The lowest BCUT2D eigenvalue weighted by molar-refractivity contribution is 0.0942. The van der Waals surface area contributed by atoms with Gasteiger partial charge in [-0.05, 0) is 43.4 Å². The molecule has 1 aliphatic rings. The minimum atomic E-state index is 0.556. The third-order valence-corrected chi connectivity index (χ3v) is 10.3. The fourth-order valence-electron chi connectivity index (χ4n) is 7.02. The predicted octanol–water partition coefficient (Wildman–Crippen LogP) is 14.6. The minimum Gasteiger partial charge on any atom is -0.381 e. The van der Waals surface area contributed by atoms with Crippen LogP contribution in [-0.4, -0.2) is 25.5 Å². The molecule has 0 saturated carbocycles. The van der Waals surface area contributed by atoms with E-state index in [1.165, 1.54) is 211 Å². The van der Waals surface area contributed by atoms with Crippen LogP contribution in [0.5, 0.6) is 0 Å². The van der Waals surface area contributed by atoms with Crippen molar-refractivity contribution in [2.45, 2.75) is 233 Å². The fraction of sp³-hybridized carbons (Fsp3) is 0.976. The molecule has 0 bridgehead atoms. The zero-order chi connectivity index (χ0) is 31.8. The number of unbranched alkanes of at least 4 members (excludes halogenated alkanes) is 25. The van der Waals surface area contributed by atoms with Gasteiger partial charge in [-0.2, -0.15) is 0 Å². The van der Waals surface area contributed by atoms with Crippen LogP contribution in [-0.2, 0) is 4.74 Å². The normalized spacial score (nSPS) is 13.9. The highest BCUT2D eigenvalue weighted by atomic mass is 16.5. The molecule has 0 fully saturated rings. The lowest BCUT2D eigenvalue weighted by Crippen LogP contribution is -2.13. The molecule has 0 saturated heterocycles. The third-order valence-electron chi connectivity index (χ3n) is 10.3. The van der Waals surface area contributed by atoms with E-state index in [1.807, 2.05) is 0 Å². The zero-order valence-electron chi connectivity index (χ0n) is 31.2. The van der Waals surface area contributed by atoms with Crippen molar-refractivity contribution in [3.05, 3.63) is 0 Å². The Bertz CT molecular complexity index is 611. The molecule has 0 radical (unpaired) electrons. The van der Waals surface area contributed by atoms with E-state index in [1.54, 1.807) is 0 Å². The average molecular weight is 618 g/mol. The number of aliphatic imine (C=N–C) groups is 1. The highest BCUT2D eigenvalue weighted by molar-refractivity contribution is 5.96. The molecule has 44 heavy (non-hydrogen) atoms. The molecule has 0 aromatic rings. The van der Waals surface area contributed by atoms with Crippen molar-refractivity contribution in [1.29, 1.82) is 0 Å². The highest BCUT2D eigenvalue weighted by Crippen LogP contribution is 2.30. The molecule has 262 valence electrons. The Kier molecular flexibility index (Phi) is 29.6. The van der Waals surface area contributed by atoms with Gasteiger partial charge in [-0.25, -0.2) is 0 Å². The van der Waals surface area contributed by atoms with E-state index in [4.69, 9.17) is 4.74 Å². The summed E-state index contributed by atoms with van der Waals surface area (Å²) in [5, 5.41) is 0. The second-order valence-electron chi connectivity index (χ2n) is 15.7. The first-order valence-corrected chi connectivity index (χ1v) is 20.7. The van der Waals surface area contributed by atoms with Gasteiger partial charge in [0.15, 0.2) is 0 Å². The van der Waals surface area contributed by atoms with Crippen LogP contribution < -0.4 is 0 Å². The van der Waals surface area contributed by atoms with Crippen molar-refractivity contribution in [3.8, 4) is 0 Å². The summed E-state index contributed by atoms with van der Waals surface area (Å²) in [5.74, 6) is 0.712. The molecule has 1 heterocycles. The van der Waals surface area contributed by atoms with Gasteiger partial charge in [0.05, 0.1) is 6.54 Å². The molecular weight excluding hydrogens is 534 g/mol. The zero-order valence-corrected chi connectivity index (χ0v) is 31.2. The summed E-state index contributed by atoms with van der Waals surface area (Å²) in [5.41, 5.74) is 2.01. The van der Waals surface area contributed by atoms with Crippen LogP contribution in [0.3, 0.4) is 0 Å². The predicted molar refractivity (Wildman–Crippen MR) is 199 cm³/mol. The number of ether oxygens (including phenoxy) is 1. The maximum Gasteiger partial charge on any atom is 0.0768 e. The Morgan fingerprint density at radius 2 is 0.886 bits per heavy atom. The van der Waals surface area contributed by atoms with Crippen molar-refractivity contribution in [1.82, 2.24) is 0 Å². The van der Waals surface area contributed by atoms with Crippen molar-refractivity contribution in [3.63, 3.8) is 0 Å². The van der Waals surface area contributed by atoms with Crippen LogP contribution in [0, 0.1) is 11.3 Å². The molecule has 0 N–H and O–H groups in total. The lowest BCUT2D eigenvalue weighted by atomic mass is 9.82. The van der Waals surface area contributed by atoms with Gasteiger partial charge in [-0.15, -0.1) is 0 Å². The average Bonchev–Trinajstić information content (AvgIpc) is 3.83. The highest BCUT2D eigenvalue weighted by Gasteiger charge is 2.18. The van der Waals surface area contributed by atoms with Crippen LogP contribution in [0.15, 0.2) is 4.99 Å². The maximum atomic E-state index is 6.18. The number of hydrogen-bond acceptors (Lipinski definition) is 2. The van der Waals surface area contributed by atoms with Crippen LogP contribution in [0.2, 0.25) is 0 Å². The quantitative estimate of drug-likeness (QED) is 0.0635. The monoisotopic (exact) mass is 618 g/mol. The topological polar surface area (TPSA) is 21.6 Å². The van der Waals surface area contributed by atoms with Crippen LogP contribution in [0.25, 0.3) is 0 Å². The van der Waals surface area contributed by atoms with E-state index < -0.39 is 0 Å². The summed E-state index contributed by atoms with van der Waals surface area (Å²) in [6.07, 6.45) is 45.3. The van der Waals surface area contributed by atoms with E-state index >= 15 is 0 Å². The van der Waals surface area contributed by atoms with Crippen LogP contribution in [0.4, 0.5) is 0 Å². The Morgan fingerprint density at radius 3 is 1.32 bits per heavy atom. The standard InChI is InChI=1S/C42H83NO/c1-5-7-9-11-12-13-14-15-16-17-18-19-20-21-23-26-29-33-40(37-41-38-43-41)39-44-36-32-28-25-22-24-27-31-35-42(3,4)34-30-10-8-6-2/h40H,5-39H2,1-4H3. The molecule has 0 aliphatic carbocycles. The van der Waals surface area contributed by atoms with Gasteiger partial charge in [0.1, 0.15) is 0 Å². The third kappa shape index (κ3) is 30.3. The summed E-state index contributed by atoms with van der Waals surface area (Å²) < 4.78 is 6.18. The Hall–Kier alpha value is -0.370. The molecule has 0 aromatic carbocycles. The number of nitrogens with zero attached hydrogens (tertiary/aromatic N) is 1. The molecule has 0 amide bonds. The smallest absolute Gasteiger partial charge is 0.0768 e. The van der Waals surface area contributed by atoms with Gasteiger partial charge in [0.2, 0.25) is 0 Å². The molecule has 1 aliphatic heterocycles. The summed E-state index contributed by atoms with van der Waals surface area (Å²) in [7, 11) is 0. The van der Waals surface area contributed by atoms with Gasteiger partial charge in [0.25, 0.3) is 0 Å². The molecule has 1 unspecified atom stereocenters. The summed E-state index contributed by atoms with van der Waals surface area (Å²) in [6.45, 7) is 12.6. The van der Waals surface area contributed by atoms with Gasteiger partial charge < -0.3 is 4.74 Å². The molecule has 0 aromatic heterocycles. The van der Waals surface area contributed by atoms with Crippen LogP contribution in [0.1, 0.15) is 233 Å². The first kappa shape index (κ1) is 41.7. The largest absolute Gasteiger partial charge is 0.381 e. The second-order valence-corrected chi connectivity index (χ2v) is 15.7. The number of rotatable bonds is 37. The minimum absolute atomic E-state index is 0.556. The van der Waals surface area contributed by atoms with E-state index in [0.717, 1.165) is 19.8 Å². The van der Waals surface area contributed by atoms with Gasteiger partial charge >= 0.3 is 0 Å². The van der Waals surface area contributed by atoms with E-state index in [-0.39, 0.29) is 0 Å². The Balaban J connectivity index is 1.87. The molecule has 2 nitrogen and oxygen atoms in total. The number of hydrogen-bond donors (Lipinski definition) is 0. The fourth-order valence-corrected chi connectivity index (χ4v) is 7.02. The Morgan fingerprint density at radius 1 is 0.523 bits per heavy atom. The molecular formula is C42H83NO. The molecule has 0 spiro atoms. The van der Waals surface area contributed by atoms with Crippen LogP contribution >= 0.6 is 0 Å². The second kappa shape index (κ2) is 31.2.